The number of anilines is 1. The minimum absolute atomic E-state index is 0.00522. The van der Waals surface area contributed by atoms with Gasteiger partial charge in [0.2, 0.25) is 0 Å². The lowest BCUT2D eigenvalue weighted by molar-refractivity contribution is 0.0933. The maximum Gasteiger partial charge on any atom is 0.251 e. The number of aryl methyl sites for hydroxylation is 1. The zero-order chi connectivity index (χ0) is 21.6. The maximum atomic E-state index is 12.9. The molecule has 166 valence electrons. The largest absolute Gasteiger partial charge is 0.494 e. The van der Waals surface area contributed by atoms with Gasteiger partial charge in [-0.3, -0.25) is 4.79 Å². The Labute approximate surface area is 186 Å². The highest BCUT2D eigenvalue weighted by atomic mass is 16.5. The van der Waals surface area contributed by atoms with E-state index in [1.165, 1.54) is 16.8 Å². The van der Waals surface area contributed by atoms with Crippen LogP contribution < -0.4 is 15.0 Å². The third-order valence-corrected chi connectivity index (χ3v) is 6.52. The second-order valence-corrected chi connectivity index (χ2v) is 8.84. The van der Waals surface area contributed by atoms with Crippen molar-refractivity contribution >= 4 is 11.6 Å². The molecule has 1 N–H and O–H groups in total. The standard InChI is InChI=1S/C26H35N3O2/c1-3-4-18-31-23-12-9-21(10-13-23)26(30)27-22-11-8-20-6-5-7-25(24(20)19-22)29-16-14-28(2)15-17-29/h5-7,9-10,12-13,22H,3-4,8,11,14-19H2,1-2H3,(H,27,30). The second kappa shape index (κ2) is 10.2. The molecule has 1 amide bonds. The Kier molecular flexibility index (Phi) is 7.13. The third kappa shape index (κ3) is 5.40. The number of hydrogen-bond acceptors (Lipinski definition) is 4. The fraction of sp³-hybridized carbons (Fsp3) is 0.500. The maximum absolute atomic E-state index is 12.9. The molecule has 2 aliphatic rings. The number of carbonyl (C=O) groups is 1. The number of amides is 1. The van der Waals surface area contributed by atoms with Crippen molar-refractivity contribution in [3.05, 3.63) is 59.2 Å². The Balaban J connectivity index is 1.39. The molecule has 1 saturated heterocycles. The number of hydrogen-bond donors (Lipinski definition) is 1. The van der Waals surface area contributed by atoms with Gasteiger partial charge in [-0.2, -0.15) is 0 Å². The van der Waals surface area contributed by atoms with Gasteiger partial charge in [0.05, 0.1) is 6.61 Å². The van der Waals surface area contributed by atoms with Crippen molar-refractivity contribution in [2.75, 3.05) is 44.7 Å². The van der Waals surface area contributed by atoms with E-state index in [2.05, 4.69) is 47.3 Å². The Bertz CT molecular complexity index is 873. The molecule has 0 radical (unpaired) electrons. The summed E-state index contributed by atoms with van der Waals surface area (Å²) in [5, 5.41) is 3.28. The van der Waals surface area contributed by atoms with Gasteiger partial charge in [-0.15, -0.1) is 0 Å². The van der Waals surface area contributed by atoms with Gasteiger partial charge in [0.15, 0.2) is 0 Å². The highest BCUT2D eigenvalue weighted by molar-refractivity contribution is 5.94. The highest BCUT2D eigenvalue weighted by Gasteiger charge is 2.25. The van der Waals surface area contributed by atoms with Crippen LogP contribution in [0.25, 0.3) is 0 Å². The van der Waals surface area contributed by atoms with Gasteiger partial charge < -0.3 is 19.9 Å². The molecule has 2 aromatic carbocycles. The van der Waals surface area contributed by atoms with Crippen LogP contribution in [0.5, 0.6) is 5.75 Å². The van der Waals surface area contributed by atoms with Crippen LogP contribution in [0, 0.1) is 0 Å². The molecule has 1 atom stereocenters. The van der Waals surface area contributed by atoms with Crippen LogP contribution in [-0.4, -0.2) is 56.7 Å². The molecule has 5 nitrogen and oxygen atoms in total. The first-order valence-corrected chi connectivity index (χ1v) is 11.7. The molecule has 0 spiro atoms. The van der Waals surface area contributed by atoms with Gasteiger partial charge in [0.25, 0.3) is 5.91 Å². The summed E-state index contributed by atoms with van der Waals surface area (Å²) in [5.41, 5.74) is 4.91. The van der Waals surface area contributed by atoms with Crippen LogP contribution in [0.15, 0.2) is 42.5 Å². The van der Waals surface area contributed by atoms with Crippen LogP contribution >= 0.6 is 0 Å². The average Bonchev–Trinajstić information content (AvgIpc) is 2.80. The minimum Gasteiger partial charge on any atom is -0.494 e. The first-order valence-electron chi connectivity index (χ1n) is 11.7. The van der Waals surface area contributed by atoms with Gasteiger partial charge in [-0.1, -0.05) is 25.5 Å². The lowest BCUT2D eigenvalue weighted by atomic mass is 9.86. The van der Waals surface area contributed by atoms with Gasteiger partial charge in [-0.05, 0) is 74.2 Å². The van der Waals surface area contributed by atoms with Crippen LogP contribution in [0.1, 0.15) is 47.7 Å². The molecule has 5 heteroatoms. The number of piperazine rings is 1. The lowest BCUT2D eigenvalue weighted by Gasteiger charge is -2.37. The van der Waals surface area contributed by atoms with Crippen molar-refractivity contribution in [2.24, 2.45) is 0 Å². The van der Waals surface area contributed by atoms with E-state index in [1.807, 2.05) is 24.3 Å². The van der Waals surface area contributed by atoms with Gasteiger partial charge in [-0.25, -0.2) is 0 Å². The molecule has 1 heterocycles. The Morgan fingerprint density at radius 1 is 1.10 bits per heavy atom. The van der Waals surface area contributed by atoms with Crippen molar-refractivity contribution < 1.29 is 9.53 Å². The fourth-order valence-corrected chi connectivity index (χ4v) is 4.54. The number of benzene rings is 2. The van der Waals surface area contributed by atoms with E-state index in [1.54, 1.807) is 0 Å². The molecular weight excluding hydrogens is 386 g/mol. The number of nitrogens with zero attached hydrogens (tertiary/aromatic N) is 2. The topological polar surface area (TPSA) is 44.8 Å². The summed E-state index contributed by atoms with van der Waals surface area (Å²) in [6.45, 7) is 7.20. The number of ether oxygens (including phenoxy) is 1. The molecule has 31 heavy (non-hydrogen) atoms. The molecule has 1 aliphatic carbocycles. The number of likely N-dealkylation sites (N-methyl/N-ethyl adjacent to an activating group) is 1. The summed E-state index contributed by atoms with van der Waals surface area (Å²) in [6.07, 6.45) is 5.07. The zero-order valence-electron chi connectivity index (χ0n) is 18.9. The van der Waals surface area contributed by atoms with Crippen molar-refractivity contribution in [1.29, 1.82) is 0 Å². The summed E-state index contributed by atoms with van der Waals surface area (Å²) in [7, 11) is 2.19. The number of nitrogens with one attached hydrogen (secondary N) is 1. The van der Waals surface area contributed by atoms with Crippen molar-refractivity contribution in [1.82, 2.24) is 10.2 Å². The van der Waals surface area contributed by atoms with E-state index in [4.69, 9.17) is 4.74 Å². The predicted molar refractivity (Wildman–Crippen MR) is 126 cm³/mol. The molecule has 1 fully saturated rings. The quantitative estimate of drug-likeness (QED) is 0.689. The Hall–Kier alpha value is -2.53. The smallest absolute Gasteiger partial charge is 0.251 e. The first kappa shape index (κ1) is 21.7. The van der Waals surface area contributed by atoms with Crippen molar-refractivity contribution in [3.8, 4) is 5.75 Å². The number of fused-ring (bicyclic) bond motifs is 1. The number of rotatable bonds is 7. The highest BCUT2D eigenvalue weighted by Crippen LogP contribution is 2.31. The van der Waals surface area contributed by atoms with Crippen molar-refractivity contribution in [2.45, 2.75) is 45.1 Å². The molecular formula is C26H35N3O2. The van der Waals surface area contributed by atoms with E-state index in [0.29, 0.717) is 5.56 Å². The summed E-state index contributed by atoms with van der Waals surface area (Å²) in [5.74, 6) is 0.832. The number of carbonyl (C=O) groups excluding carboxylic acids is 1. The summed E-state index contributed by atoms with van der Waals surface area (Å²) >= 11 is 0. The molecule has 0 bridgehead atoms. The van der Waals surface area contributed by atoms with E-state index in [-0.39, 0.29) is 11.9 Å². The van der Waals surface area contributed by atoms with E-state index in [9.17, 15) is 4.79 Å². The molecule has 0 saturated carbocycles. The van der Waals surface area contributed by atoms with Crippen molar-refractivity contribution in [3.63, 3.8) is 0 Å². The third-order valence-electron chi connectivity index (χ3n) is 6.52. The predicted octanol–water partition coefficient (Wildman–Crippen LogP) is 3.90. The Morgan fingerprint density at radius 2 is 1.87 bits per heavy atom. The van der Waals surface area contributed by atoms with Gasteiger partial charge >= 0.3 is 0 Å². The van der Waals surface area contributed by atoms with Gasteiger partial charge in [0.1, 0.15) is 5.75 Å². The molecule has 1 unspecified atom stereocenters. The summed E-state index contributed by atoms with van der Waals surface area (Å²) in [4.78, 5) is 17.7. The zero-order valence-corrected chi connectivity index (χ0v) is 18.9. The first-order chi connectivity index (χ1) is 15.1. The van der Waals surface area contributed by atoms with E-state index in [0.717, 1.165) is 70.6 Å². The monoisotopic (exact) mass is 421 g/mol. The number of unbranched alkanes of at least 4 members (excludes halogenated alkanes) is 1. The lowest BCUT2D eigenvalue weighted by Crippen LogP contribution is -2.45. The SMILES string of the molecule is CCCCOc1ccc(C(=O)NC2CCc3cccc(N4CCN(C)CC4)c3C2)cc1. The van der Waals surface area contributed by atoms with Gasteiger partial charge in [0, 0.05) is 43.5 Å². The minimum atomic E-state index is 0.00522. The van der Waals surface area contributed by atoms with Crippen LogP contribution in [0.2, 0.25) is 0 Å². The molecule has 0 aromatic heterocycles. The fourth-order valence-electron chi connectivity index (χ4n) is 4.54. The van der Waals surface area contributed by atoms with E-state index < -0.39 is 0 Å². The normalized spacial score (nSPS) is 19.0. The van der Waals surface area contributed by atoms with E-state index >= 15 is 0 Å². The summed E-state index contributed by atoms with van der Waals surface area (Å²) in [6, 6.07) is 14.4. The van der Waals surface area contributed by atoms with Crippen LogP contribution in [0.4, 0.5) is 5.69 Å². The second-order valence-electron chi connectivity index (χ2n) is 8.84. The van der Waals surface area contributed by atoms with Crippen LogP contribution in [-0.2, 0) is 12.8 Å². The van der Waals surface area contributed by atoms with Crippen LogP contribution in [0.3, 0.4) is 0 Å². The summed E-state index contributed by atoms with van der Waals surface area (Å²) < 4.78 is 5.71. The average molecular weight is 422 g/mol. The molecule has 1 aliphatic heterocycles. The molecule has 4 rings (SSSR count). The molecule has 2 aromatic rings. The Morgan fingerprint density at radius 3 is 2.61 bits per heavy atom.